The van der Waals surface area contributed by atoms with Crippen LogP contribution in [0.2, 0.25) is 0 Å². The Morgan fingerprint density at radius 3 is 1.77 bits per heavy atom. The predicted octanol–water partition coefficient (Wildman–Crippen LogP) is 4.76. The fourth-order valence-corrected chi connectivity index (χ4v) is 2.84. The molecule has 1 atom stereocenters. The molecule has 0 aliphatic rings. The van der Waals surface area contributed by atoms with Crippen molar-refractivity contribution in [2.24, 2.45) is 11.1 Å². The topological polar surface area (TPSA) is 78.6 Å². The van der Waals surface area contributed by atoms with Crippen LogP contribution in [0.4, 0.5) is 0 Å². The molecule has 0 aliphatic heterocycles. The third-order valence-electron chi connectivity index (χ3n) is 4.96. The molecule has 0 saturated heterocycles. The Kier molecular flexibility index (Phi) is 15.4. The third-order valence-corrected chi connectivity index (χ3v) is 4.96. The van der Waals surface area contributed by atoms with Gasteiger partial charge in [0.2, 0.25) is 0 Å². The summed E-state index contributed by atoms with van der Waals surface area (Å²) in [7, 11) is 0. The van der Waals surface area contributed by atoms with E-state index >= 15 is 0 Å². The minimum absolute atomic E-state index is 0.138. The summed E-state index contributed by atoms with van der Waals surface area (Å²) in [4.78, 5) is 23.9. The van der Waals surface area contributed by atoms with Gasteiger partial charge in [0.1, 0.15) is 13.2 Å². The highest BCUT2D eigenvalue weighted by Crippen LogP contribution is 2.30. The summed E-state index contributed by atoms with van der Waals surface area (Å²) >= 11 is 0. The standard InChI is InChI=1S/C21H41NO4/c1-4-7-10-13-19(23)25-17-21(6-3,15-8-5-2)18-26-20(24)14-11-9-12-16-22/h4-18,22H2,1-3H3. The SMILES string of the molecule is CCCCCC(=O)OCC(CC)(CCCC)COC(=O)CCCCCN. The first-order chi connectivity index (χ1) is 12.5. The number of carbonyl (C=O) groups excluding carboxylic acids is 2. The molecule has 0 aromatic carbocycles. The number of hydrogen-bond donors (Lipinski definition) is 1. The molecule has 154 valence electrons. The number of rotatable bonds is 17. The fraction of sp³-hybridized carbons (Fsp3) is 0.905. The number of carbonyl (C=O) groups is 2. The first kappa shape index (κ1) is 24.9. The summed E-state index contributed by atoms with van der Waals surface area (Å²) in [5.74, 6) is -0.300. The molecule has 0 spiro atoms. The number of unbranched alkanes of at least 4 members (excludes halogenated alkanes) is 5. The second-order valence-electron chi connectivity index (χ2n) is 7.33. The van der Waals surface area contributed by atoms with Crippen molar-refractivity contribution in [3.63, 3.8) is 0 Å². The highest BCUT2D eigenvalue weighted by Gasteiger charge is 2.31. The number of hydrogen-bond acceptors (Lipinski definition) is 5. The summed E-state index contributed by atoms with van der Waals surface area (Å²) < 4.78 is 11.1. The van der Waals surface area contributed by atoms with Gasteiger partial charge in [-0.3, -0.25) is 9.59 Å². The molecule has 1 unspecified atom stereocenters. The van der Waals surface area contributed by atoms with Crippen LogP contribution in [0.1, 0.15) is 97.8 Å². The summed E-state index contributed by atoms with van der Waals surface area (Å²) in [6.07, 6.45) is 10.5. The molecule has 0 aliphatic carbocycles. The highest BCUT2D eigenvalue weighted by molar-refractivity contribution is 5.69. The molecule has 0 amide bonds. The molecule has 0 aromatic rings. The average molecular weight is 372 g/mol. The van der Waals surface area contributed by atoms with Gasteiger partial charge in [-0.15, -0.1) is 0 Å². The lowest BCUT2D eigenvalue weighted by atomic mass is 9.81. The predicted molar refractivity (Wildman–Crippen MR) is 106 cm³/mol. The molecular weight excluding hydrogens is 330 g/mol. The van der Waals surface area contributed by atoms with Crippen molar-refractivity contribution in [3.05, 3.63) is 0 Å². The maximum Gasteiger partial charge on any atom is 0.305 e. The van der Waals surface area contributed by atoms with Crippen LogP contribution in [0.25, 0.3) is 0 Å². The molecule has 0 bridgehead atoms. The minimum atomic E-state index is -0.261. The van der Waals surface area contributed by atoms with Crippen LogP contribution in [0.5, 0.6) is 0 Å². The molecule has 5 heteroatoms. The molecule has 26 heavy (non-hydrogen) atoms. The summed E-state index contributed by atoms with van der Waals surface area (Å²) in [5.41, 5.74) is 5.20. The normalized spacial score (nSPS) is 13.2. The second kappa shape index (κ2) is 16.1. The lowest BCUT2D eigenvalue weighted by molar-refractivity contribution is -0.155. The molecule has 0 saturated carbocycles. The van der Waals surface area contributed by atoms with Crippen molar-refractivity contribution in [2.75, 3.05) is 19.8 Å². The number of nitrogens with two attached hydrogens (primary N) is 1. The van der Waals surface area contributed by atoms with Crippen molar-refractivity contribution in [1.82, 2.24) is 0 Å². The third kappa shape index (κ3) is 12.3. The molecule has 0 radical (unpaired) electrons. The Hall–Kier alpha value is -1.10. The minimum Gasteiger partial charge on any atom is -0.465 e. The fourth-order valence-electron chi connectivity index (χ4n) is 2.84. The van der Waals surface area contributed by atoms with Crippen molar-refractivity contribution < 1.29 is 19.1 Å². The Balaban J connectivity index is 4.46. The molecule has 5 nitrogen and oxygen atoms in total. The van der Waals surface area contributed by atoms with Gasteiger partial charge < -0.3 is 15.2 Å². The average Bonchev–Trinajstić information content (AvgIpc) is 2.65. The molecule has 0 rings (SSSR count). The second-order valence-corrected chi connectivity index (χ2v) is 7.33. The monoisotopic (exact) mass is 371 g/mol. The first-order valence-electron chi connectivity index (χ1n) is 10.5. The Bertz CT molecular complexity index is 373. The van der Waals surface area contributed by atoms with Crippen LogP contribution < -0.4 is 5.73 Å². The summed E-state index contributed by atoms with van der Waals surface area (Å²) in [6.45, 7) is 7.67. The van der Waals surface area contributed by atoms with E-state index in [1.165, 1.54) is 0 Å². The van der Waals surface area contributed by atoms with Crippen LogP contribution in [-0.2, 0) is 19.1 Å². The molecule has 2 N–H and O–H groups in total. The maximum atomic E-state index is 12.0. The van der Waals surface area contributed by atoms with E-state index in [0.717, 1.165) is 64.2 Å². The molecule has 0 heterocycles. The van der Waals surface area contributed by atoms with E-state index in [-0.39, 0.29) is 17.4 Å². The molecule has 0 fully saturated rings. The van der Waals surface area contributed by atoms with E-state index < -0.39 is 0 Å². The molecule has 0 aromatic heterocycles. The van der Waals surface area contributed by atoms with Gasteiger partial charge in [0.15, 0.2) is 0 Å². The van der Waals surface area contributed by atoms with Gasteiger partial charge in [0.25, 0.3) is 0 Å². The van der Waals surface area contributed by atoms with E-state index in [4.69, 9.17) is 15.2 Å². The van der Waals surface area contributed by atoms with E-state index in [0.29, 0.717) is 32.6 Å². The van der Waals surface area contributed by atoms with Crippen LogP contribution in [0.15, 0.2) is 0 Å². The van der Waals surface area contributed by atoms with Gasteiger partial charge in [0.05, 0.1) is 0 Å². The van der Waals surface area contributed by atoms with E-state index in [2.05, 4.69) is 20.8 Å². The van der Waals surface area contributed by atoms with Gasteiger partial charge in [-0.2, -0.15) is 0 Å². The van der Waals surface area contributed by atoms with Gasteiger partial charge in [-0.25, -0.2) is 0 Å². The number of esters is 2. The first-order valence-corrected chi connectivity index (χ1v) is 10.5. The van der Waals surface area contributed by atoms with Crippen LogP contribution in [0, 0.1) is 5.41 Å². The van der Waals surface area contributed by atoms with Crippen molar-refractivity contribution in [2.45, 2.75) is 97.8 Å². The van der Waals surface area contributed by atoms with Gasteiger partial charge in [-0.1, -0.05) is 52.9 Å². The van der Waals surface area contributed by atoms with Crippen LogP contribution >= 0.6 is 0 Å². The van der Waals surface area contributed by atoms with Gasteiger partial charge in [-0.05, 0) is 38.6 Å². The lowest BCUT2D eigenvalue weighted by Crippen LogP contribution is -2.34. The zero-order valence-electron chi connectivity index (χ0n) is 17.3. The van der Waals surface area contributed by atoms with Crippen molar-refractivity contribution in [1.29, 1.82) is 0 Å². The number of ether oxygens (including phenoxy) is 2. The van der Waals surface area contributed by atoms with Gasteiger partial charge >= 0.3 is 11.9 Å². The van der Waals surface area contributed by atoms with E-state index in [1.807, 2.05) is 0 Å². The lowest BCUT2D eigenvalue weighted by Gasteiger charge is -2.31. The zero-order valence-corrected chi connectivity index (χ0v) is 17.3. The Morgan fingerprint density at radius 2 is 1.31 bits per heavy atom. The van der Waals surface area contributed by atoms with Crippen molar-refractivity contribution in [3.8, 4) is 0 Å². The van der Waals surface area contributed by atoms with Crippen molar-refractivity contribution >= 4 is 11.9 Å². The van der Waals surface area contributed by atoms with Crippen LogP contribution in [-0.4, -0.2) is 31.7 Å². The zero-order chi connectivity index (χ0) is 19.7. The Labute approximate surface area is 160 Å². The Morgan fingerprint density at radius 1 is 0.769 bits per heavy atom. The summed E-state index contributed by atoms with van der Waals surface area (Å²) in [5, 5.41) is 0. The van der Waals surface area contributed by atoms with E-state index in [9.17, 15) is 9.59 Å². The van der Waals surface area contributed by atoms with E-state index in [1.54, 1.807) is 0 Å². The molecular formula is C21H41NO4. The van der Waals surface area contributed by atoms with Gasteiger partial charge in [0, 0.05) is 18.3 Å². The highest BCUT2D eigenvalue weighted by atomic mass is 16.5. The largest absolute Gasteiger partial charge is 0.465 e. The smallest absolute Gasteiger partial charge is 0.305 e. The van der Waals surface area contributed by atoms with Crippen LogP contribution in [0.3, 0.4) is 0 Å². The summed E-state index contributed by atoms with van der Waals surface area (Å²) in [6, 6.07) is 0. The quantitative estimate of drug-likeness (QED) is 0.295. The maximum absolute atomic E-state index is 12.0.